The van der Waals surface area contributed by atoms with Crippen LogP contribution >= 0.6 is 0 Å². The molecule has 1 heterocycles. The van der Waals surface area contributed by atoms with Crippen molar-refractivity contribution >= 4 is 0 Å². The highest BCUT2D eigenvalue weighted by Crippen LogP contribution is 2.33. The first-order valence-corrected chi connectivity index (χ1v) is 7.01. The smallest absolute Gasteiger partial charge is 0.0278 e. The average molecular weight is 224 g/mol. The molecule has 16 heavy (non-hydrogen) atoms. The quantitative estimate of drug-likeness (QED) is 0.789. The summed E-state index contributed by atoms with van der Waals surface area (Å²) in [6.07, 6.45) is 4.22. The van der Waals surface area contributed by atoms with Crippen LogP contribution in [-0.2, 0) is 0 Å². The van der Waals surface area contributed by atoms with E-state index in [4.69, 9.17) is 0 Å². The van der Waals surface area contributed by atoms with Crippen molar-refractivity contribution in [2.45, 2.75) is 58.5 Å². The van der Waals surface area contributed by atoms with Gasteiger partial charge >= 0.3 is 0 Å². The van der Waals surface area contributed by atoms with Crippen LogP contribution in [-0.4, -0.2) is 36.1 Å². The summed E-state index contributed by atoms with van der Waals surface area (Å²) in [5.41, 5.74) is 0.354. The van der Waals surface area contributed by atoms with E-state index in [9.17, 15) is 0 Å². The predicted molar refractivity (Wildman–Crippen MR) is 69.6 cm³/mol. The number of nitrogens with one attached hydrogen (secondary N) is 1. The molecule has 0 aromatic rings. The molecule has 2 heteroatoms. The fourth-order valence-corrected chi connectivity index (χ4v) is 2.64. The SMILES string of the molecule is CCC(C)C1CN(CC2CC2)C(C)(C)CN1. The zero-order valence-corrected chi connectivity index (χ0v) is 11.4. The lowest BCUT2D eigenvalue weighted by atomic mass is 9.90. The maximum Gasteiger partial charge on any atom is 0.0278 e. The topological polar surface area (TPSA) is 15.3 Å². The van der Waals surface area contributed by atoms with E-state index in [1.54, 1.807) is 0 Å². The molecular weight excluding hydrogens is 196 g/mol. The van der Waals surface area contributed by atoms with Crippen molar-refractivity contribution in [1.29, 1.82) is 0 Å². The molecular formula is C14H28N2. The largest absolute Gasteiger partial charge is 0.311 e. The van der Waals surface area contributed by atoms with Gasteiger partial charge in [0.15, 0.2) is 0 Å². The highest BCUT2D eigenvalue weighted by atomic mass is 15.3. The van der Waals surface area contributed by atoms with Crippen molar-refractivity contribution in [2.75, 3.05) is 19.6 Å². The molecule has 1 saturated carbocycles. The van der Waals surface area contributed by atoms with Crippen LogP contribution in [0.5, 0.6) is 0 Å². The van der Waals surface area contributed by atoms with Crippen LogP contribution in [0, 0.1) is 11.8 Å². The third-order valence-corrected chi connectivity index (χ3v) is 4.58. The third-order valence-electron chi connectivity index (χ3n) is 4.58. The zero-order valence-electron chi connectivity index (χ0n) is 11.4. The first-order valence-electron chi connectivity index (χ1n) is 7.01. The highest BCUT2D eigenvalue weighted by molar-refractivity contribution is 4.96. The summed E-state index contributed by atoms with van der Waals surface area (Å²) in [5.74, 6) is 1.81. The molecule has 94 valence electrons. The van der Waals surface area contributed by atoms with Crippen LogP contribution in [0.4, 0.5) is 0 Å². The van der Waals surface area contributed by atoms with Gasteiger partial charge in [-0.15, -0.1) is 0 Å². The molecule has 1 aliphatic carbocycles. The van der Waals surface area contributed by atoms with Gasteiger partial charge in [-0.25, -0.2) is 0 Å². The van der Waals surface area contributed by atoms with E-state index in [0.29, 0.717) is 11.6 Å². The molecule has 2 atom stereocenters. The van der Waals surface area contributed by atoms with Gasteiger partial charge in [-0.2, -0.15) is 0 Å². The van der Waals surface area contributed by atoms with Gasteiger partial charge in [0.25, 0.3) is 0 Å². The second-order valence-corrected chi connectivity index (χ2v) is 6.53. The number of nitrogens with zero attached hydrogens (tertiary/aromatic N) is 1. The second kappa shape index (κ2) is 4.66. The number of hydrogen-bond donors (Lipinski definition) is 1. The van der Waals surface area contributed by atoms with Crippen LogP contribution in [0.25, 0.3) is 0 Å². The van der Waals surface area contributed by atoms with Gasteiger partial charge < -0.3 is 5.32 Å². The van der Waals surface area contributed by atoms with Crippen LogP contribution < -0.4 is 5.32 Å². The molecule has 2 aliphatic rings. The van der Waals surface area contributed by atoms with E-state index in [1.165, 1.54) is 32.4 Å². The van der Waals surface area contributed by atoms with Gasteiger partial charge in [0.2, 0.25) is 0 Å². The summed E-state index contributed by atoms with van der Waals surface area (Å²) in [6, 6.07) is 0.705. The minimum atomic E-state index is 0.354. The Bertz CT molecular complexity index is 233. The lowest BCUT2D eigenvalue weighted by Crippen LogP contribution is -2.63. The molecule has 1 aliphatic heterocycles. The molecule has 2 nitrogen and oxygen atoms in total. The van der Waals surface area contributed by atoms with E-state index < -0.39 is 0 Å². The molecule has 0 bridgehead atoms. The van der Waals surface area contributed by atoms with E-state index >= 15 is 0 Å². The summed E-state index contributed by atoms with van der Waals surface area (Å²) in [6.45, 7) is 13.2. The maximum atomic E-state index is 3.74. The first-order chi connectivity index (χ1) is 7.53. The van der Waals surface area contributed by atoms with Crippen LogP contribution in [0.15, 0.2) is 0 Å². The lowest BCUT2D eigenvalue weighted by Gasteiger charge is -2.47. The first kappa shape index (κ1) is 12.4. The minimum Gasteiger partial charge on any atom is -0.311 e. The third kappa shape index (κ3) is 2.78. The van der Waals surface area contributed by atoms with Crippen molar-refractivity contribution in [3.63, 3.8) is 0 Å². The Kier molecular flexibility index (Phi) is 3.60. The van der Waals surface area contributed by atoms with Crippen LogP contribution in [0.3, 0.4) is 0 Å². The van der Waals surface area contributed by atoms with Crippen molar-refractivity contribution in [3.8, 4) is 0 Å². The molecule has 2 rings (SSSR count). The van der Waals surface area contributed by atoms with E-state index in [2.05, 4.69) is 37.9 Å². The van der Waals surface area contributed by atoms with Crippen molar-refractivity contribution in [1.82, 2.24) is 10.2 Å². The Morgan fingerprint density at radius 2 is 2.06 bits per heavy atom. The molecule has 0 amide bonds. The van der Waals surface area contributed by atoms with Crippen molar-refractivity contribution in [3.05, 3.63) is 0 Å². The fraction of sp³-hybridized carbons (Fsp3) is 1.00. The lowest BCUT2D eigenvalue weighted by molar-refractivity contribution is 0.0478. The maximum absolute atomic E-state index is 3.74. The molecule has 0 radical (unpaired) electrons. The Labute approximate surface area is 101 Å². The van der Waals surface area contributed by atoms with Gasteiger partial charge in [-0.3, -0.25) is 4.90 Å². The summed E-state index contributed by atoms with van der Waals surface area (Å²) in [7, 11) is 0. The van der Waals surface area contributed by atoms with E-state index in [-0.39, 0.29) is 0 Å². The molecule has 0 aromatic carbocycles. The van der Waals surface area contributed by atoms with Crippen molar-refractivity contribution in [2.24, 2.45) is 11.8 Å². The average Bonchev–Trinajstić information content (AvgIpc) is 3.04. The number of piperazine rings is 1. The van der Waals surface area contributed by atoms with Crippen LogP contribution in [0.2, 0.25) is 0 Å². The van der Waals surface area contributed by atoms with Gasteiger partial charge in [0, 0.05) is 31.2 Å². The number of rotatable bonds is 4. The van der Waals surface area contributed by atoms with Gasteiger partial charge in [-0.05, 0) is 38.5 Å². The summed E-state index contributed by atoms with van der Waals surface area (Å²) < 4.78 is 0. The Balaban J connectivity index is 1.94. The molecule has 2 unspecified atom stereocenters. The Hall–Kier alpha value is -0.0800. The molecule has 2 fully saturated rings. The predicted octanol–water partition coefficient (Wildman–Crippen LogP) is 2.49. The molecule has 0 aromatic heterocycles. The Morgan fingerprint density at radius 3 is 2.62 bits per heavy atom. The monoisotopic (exact) mass is 224 g/mol. The van der Waals surface area contributed by atoms with Gasteiger partial charge in [0.05, 0.1) is 0 Å². The Morgan fingerprint density at radius 1 is 1.38 bits per heavy atom. The fourth-order valence-electron chi connectivity index (χ4n) is 2.64. The van der Waals surface area contributed by atoms with Crippen molar-refractivity contribution < 1.29 is 0 Å². The standard InChI is InChI=1S/C14H28N2/c1-5-11(2)13-9-16(8-12-6-7-12)14(3,4)10-15-13/h11-13,15H,5-10H2,1-4H3. The summed E-state index contributed by atoms with van der Waals surface area (Å²) in [5, 5.41) is 3.74. The summed E-state index contributed by atoms with van der Waals surface area (Å²) >= 11 is 0. The normalized spacial score (nSPS) is 32.6. The van der Waals surface area contributed by atoms with E-state index in [0.717, 1.165) is 18.4 Å². The van der Waals surface area contributed by atoms with E-state index in [1.807, 2.05) is 0 Å². The zero-order chi connectivity index (χ0) is 11.8. The van der Waals surface area contributed by atoms with Gasteiger partial charge in [-0.1, -0.05) is 20.3 Å². The second-order valence-electron chi connectivity index (χ2n) is 6.53. The highest BCUT2D eigenvalue weighted by Gasteiger charge is 2.38. The summed E-state index contributed by atoms with van der Waals surface area (Å²) in [4.78, 5) is 2.73. The van der Waals surface area contributed by atoms with Crippen LogP contribution in [0.1, 0.15) is 47.0 Å². The van der Waals surface area contributed by atoms with Gasteiger partial charge in [0.1, 0.15) is 0 Å². The molecule has 1 N–H and O–H groups in total. The molecule has 1 saturated heterocycles. The number of hydrogen-bond acceptors (Lipinski definition) is 2. The molecule has 0 spiro atoms. The minimum absolute atomic E-state index is 0.354.